The normalized spacial score (nSPS) is 17.4. The lowest BCUT2D eigenvalue weighted by Crippen LogP contribution is -2.27. The van der Waals surface area contributed by atoms with Crippen molar-refractivity contribution in [2.45, 2.75) is 37.1 Å². The number of hydrogen-bond donors (Lipinski definition) is 2. The summed E-state index contributed by atoms with van der Waals surface area (Å²) in [7, 11) is -3.44. The summed E-state index contributed by atoms with van der Waals surface area (Å²) in [6, 6.07) is 10.9. The number of hydrogen-bond acceptors (Lipinski definition) is 5. The maximum Gasteiger partial charge on any atom is 0.244 e. The van der Waals surface area contributed by atoms with Crippen LogP contribution in [0.15, 0.2) is 47.5 Å². The number of nitrogens with zero attached hydrogens (tertiary/aromatic N) is 2. The van der Waals surface area contributed by atoms with E-state index in [2.05, 4.69) is 15.6 Å². The largest absolute Gasteiger partial charge is 0.366 e. The van der Waals surface area contributed by atoms with Gasteiger partial charge in [-0.2, -0.15) is 4.31 Å². The molecule has 1 amide bonds. The number of rotatable bonds is 7. The fraction of sp³-hybridized carbons (Fsp3) is 0.400. The molecule has 2 heterocycles. The quantitative estimate of drug-likeness (QED) is 0.746. The highest BCUT2D eigenvalue weighted by molar-refractivity contribution is 7.89. The molecule has 28 heavy (non-hydrogen) atoms. The molecule has 4 rings (SSSR count). The Balaban J connectivity index is 1.36. The third-order valence-electron chi connectivity index (χ3n) is 5.06. The second-order valence-electron chi connectivity index (χ2n) is 7.31. The smallest absolute Gasteiger partial charge is 0.244 e. The van der Waals surface area contributed by atoms with Crippen LogP contribution in [0.1, 0.15) is 31.2 Å². The molecule has 2 N–H and O–H groups in total. The number of nitrogens with one attached hydrogen (secondary N) is 2. The lowest BCUT2D eigenvalue weighted by molar-refractivity contribution is -0.117. The number of aromatic nitrogens is 1. The van der Waals surface area contributed by atoms with Crippen molar-refractivity contribution in [3.8, 4) is 0 Å². The van der Waals surface area contributed by atoms with Crippen molar-refractivity contribution in [1.82, 2.24) is 9.29 Å². The Morgan fingerprint density at radius 1 is 1.14 bits per heavy atom. The standard InChI is InChI=1S/C20H24N4O3S/c25-20(16-6-7-16)23-17-5-3-4-15(12-17)13-21-19-9-8-18(14-22-19)28(26,27)24-10-1-2-11-24/h3-5,8-9,12,14,16H,1-2,6-7,10-11,13H2,(H,21,22)(H,23,25). The molecule has 1 aromatic heterocycles. The summed E-state index contributed by atoms with van der Waals surface area (Å²) < 4.78 is 26.6. The Labute approximate surface area is 165 Å². The van der Waals surface area contributed by atoms with Gasteiger partial charge < -0.3 is 10.6 Å². The third-order valence-corrected chi connectivity index (χ3v) is 6.94. The van der Waals surface area contributed by atoms with Crippen molar-refractivity contribution in [3.05, 3.63) is 48.2 Å². The SMILES string of the molecule is O=C(Nc1cccc(CNc2ccc(S(=O)(=O)N3CCCC3)cn2)c1)C1CC1. The zero-order chi connectivity index (χ0) is 19.6. The van der Waals surface area contributed by atoms with Gasteiger partial charge in [0.05, 0.1) is 0 Å². The molecule has 0 radical (unpaired) electrons. The molecule has 1 saturated carbocycles. The van der Waals surface area contributed by atoms with E-state index >= 15 is 0 Å². The Bertz CT molecular complexity index is 950. The minimum atomic E-state index is -3.44. The number of benzene rings is 1. The van der Waals surface area contributed by atoms with Crippen LogP contribution in [0.4, 0.5) is 11.5 Å². The summed E-state index contributed by atoms with van der Waals surface area (Å²) in [6.45, 7) is 1.68. The first-order valence-corrected chi connectivity index (χ1v) is 11.1. The van der Waals surface area contributed by atoms with Crippen molar-refractivity contribution in [1.29, 1.82) is 0 Å². The van der Waals surface area contributed by atoms with Crippen LogP contribution < -0.4 is 10.6 Å². The molecule has 0 unspecified atom stereocenters. The first kappa shape index (κ1) is 18.9. The van der Waals surface area contributed by atoms with Gasteiger partial charge in [0, 0.05) is 37.4 Å². The van der Waals surface area contributed by atoms with Gasteiger partial charge in [-0.3, -0.25) is 4.79 Å². The highest BCUT2D eigenvalue weighted by Gasteiger charge is 2.29. The van der Waals surface area contributed by atoms with Crippen LogP contribution in [0.5, 0.6) is 0 Å². The van der Waals surface area contributed by atoms with Gasteiger partial charge in [0.15, 0.2) is 0 Å². The van der Waals surface area contributed by atoms with Gasteiger partial charge in [0.2, 0.25) is 15.9 Å². The van der Waals surface area contributed by atoms with Crippen LogP contribution in [-0.4, -0.2) is 36.7 Å². The molecule has 1 aliphatic carbocycles. The van der Waals surface area contributed by atoms with Gasteiger partial charge in [-0.05, 0) is 55.5 Å². The fourth-order valence-corrected chi connectivity index (χ4v) is 4.72. The second kappa shape index (κ2) is 7.89. The summed E-state index contributed by atoms with van der Waals surface area (Å²) in [5, 5.41) is 6.13. The van der Waals surface area contributed by atoms with Crippen molar-refractivity contribution >= 4 is 27.4 Å². The molecule has 0 atom stereocenters. The summed E-state index contributed by atoms with van der Waals surface area (Å²) in [4.78, 5) is 16.4. The van der Waals surface area contributed by atoms with Gasteiger partial charge in [0.25, 0.3) is 0 Å². The van der Waals surface area contributed by atoms with E-state index in [9.17, 15) is 13.2 Å². The Hall–Kier alpha value is -2.45. The number of carbonyl (C=O) groups is 1. The first-order chi connectivity index (χ1) is 13.5. The van der Waals surface area contributed by atoms with E-state index in [-0.39, 0.29) is 16.7 Å². The molecule has 2 aliphatic rings. The zero-order valence-corrected chi connectivity index (χ0v) is 16.4. The monoisotopic (exact) mass is 400 g/mol. The predicted molar refractivity (Wildman–Crippen MR) is 107 cm³/mol. The molecular formula is C20H24N4O3S. The first-order valence-electron chi connectivity index (χ1n) is 9.62. The fourth-order valence-electron chi connectivity index (χ4n) is 3.26. The predicted octanol–water partition coefficient (Wildman–Crippen LogP) is 2.83. The molecule has 1 aromatic carbocycles. The number of anilines is 2. The summed E-state index contributed by atoms with van der Waals surface area (Å²) in [6.07, 6.45) is 5.17. The molecule has 2 fully saturated rings. The molecule has 148 valence electrons. The van der Waals surface area contributed by atoms with Crippen molar-refractivity contribution < 1.29 is 13.2 Å². The summed E-state index contributed by atoms with van der Waals surface area (Å²) in [5.41, 5.74) is 1.79. The molecule has 1 aliphatic heterocycles. The molecule has 2 aromatic rings. The Kier molecular flexibility index (Phi) is 5.32. The van der Waals surface area contributed by atoms with E-state index in [1.54, 1.807) is 12.1 Å². The van der Waals surface area contributed by atoms with Crippen LogP contribution >= 0.6 is 0 Å². The highest BCUT2D eigenvalue weighted by atomic mass is 32.2. The average molecular weight is 401 g/mol. The molecule has 7 nitrogen and oxygen atoms in total. The van der Waals surface area contributed by atoms with E-state index in [1.165, 1.54) is 10.5 Å². The van der Waals surface area contributed by atoms with Gasteiger partial charge >= 0.3 is 0 Å². The van der Waals surface area contributed by atoms with E-state index in [0.29, 0.717) is 25.5 Å². The average Bonchev–Trinajstić information content (AvgIpc) is 3.40. The van der Waals surface area contributed by atoms with Gasteiger partial charge in [-0.25, -0.2) is 13.4 Å². The third kappa shape index (κ3) is 4.34. The molecular weight excluding hydrogens is 376 g/mol. The second-order valence-corrected chi connectivity index (χ2v) is 9.25. The van der Waals surface area contributed by atoms with Crippen LogP contribution in [0.25, 0.3) is 0 Å². The zero-order valence-electron chi connectivity index (χ0n) is 15.6. The number of amides is 1. The van der Waals surface area contributed by atoms with Crippen molar-refractivity contribution in [2.75, 3.05) is 23.7 Å². The van der Waals surface area contributed by atoms with Crippen LogP contribution in [0, 0.1) is 5.92 Å². The molecule has 0 bridgehead atoms. The molecule has 0 spiro atoms. The minimum absolute atomic E-state index is 0.0848. The number of carbonyl (C=O) groups excluding carboxylic acids is 1. The minimum Gasteiger partial charge on any atom is -0.366 e. The number of pyridine rings is 1. The lowest BCUT2D eigenvalue weighted by atomic mass is 10.2. The van der Waals surface area contributed by atoms with Crippen LogP contribution in [-0.2, 0) is 21.4 Å². The summed E-state index contributed by atoms with van der Waals surface area (Å²) >= 11 is 0. The maximum atomic E-state index is 12.5. The van der Waals surface area contributed by atoms with E-state index in [1.807, 2.05) is 24.3 Å². The van der Waals surface area contributed by atoms with Crippen LogP contribution in [0.3, 0.4) is 0 Å². The maximum absolute atomic E-state index is 12.5. The van der Waals surface area contributed by atoms with Crippen molar-refractivity contribution in [2.24, 2.45) is 5.92 Å². The highest BCUT2D eigenvalue weighted by Crippen LogP contribution is 2.30. The van der Waals surface area contributed by atoms with E-state index < -0.39 is 10.0 Å². The number of sulfonamides is 1. The molecule has 8 heteroatoms. The Morgan fingerprint density at radius 3 is 2.61 bits per heavy atom. The lowest BCUT2D eigenvalue weighted by Gasteiger charge is -2.15. The van der Waals surface area contributed by atoms with Gasteiger partial charge in [0.1, 0.15) is 10.7 Å². The Morgan fingerprint density at radius 2 is 1.93 bits per heavy atom. The van der Waals surface area contributed by atoms with Crippen LogP contribution in [0.2, 0.25) is 0 Å². The van der Waals surface area contributed by atoms with Gasteiger partial charge in [-0.1, -0.05) is 12.1 Å². The summed E-state index contributed by atoms with van der Waals surface area (Å²) in [5.74, 6) is 0.857. The topological polar surface area (TPSA) is 91.4 Å². The molecule has 1 saturated heterocycles. The van der Waals surface area contributed by atoms with E-state index in [0.717, 1.165) is 36.9 Å². The van der Waals surface area contributed by atoms with Gasteiger partial charge in [-0.15, -0.1) is 0 Å². The van der Waals surface area contributed by atoms with E-state index in [4.69, 9.17) is 0 Å². The van der Waals surface area contributed by atoms with Crippen molar-refractivity contribution in [3.63, 3.8) is 0 Å².